The van der Waals surface area contributed by atoms with Crippen LogP contribution in [0.5, 0.6) is 11.5 Å². The quantitative estimate of drug-likeness (QED) is 0.797. The lowest BCUT2D eigenvalue weighted by atomic mass is 9.88. The first-order valence-corrected chi connectivity index (χ1v) is 8.98. The number of carbonyl (C=O) groups excluding carboxylic acids is 1. The Morgan fingerprint density at radius 2 is 1.75 bits per heavy atom. The lowest BCUT2D eigenvalue weighted by Crippen LogP contribution is -2.54. The molecule has 3 rings (SSSR count). The molecule has 1 N–H and O–H groups in total. The zero-order valence-electron chi connectivity index (χ0n) is 14.3. The van der Waals surface area contributed by atoms with Crippen LogP contribution in [0, 0.1) is 0 Å². The summed E-state index contributed by atoms with van der Waals surface area (Å²) in [5, 5.41) is 0. The molecular formula is C18H25ClN2O3. The highest BCUT2D eigenvalue weighted by Crippen LogP contribution is 2.37. The number of carbonyl (C=O) groups is 1. The summed E-state index contributed by atoms with van der Waals surface area (Å²) in [6, 6.07) is 5.98. The fourth-order valence-electron chi connectivity index (χ4n) is 3.84. The van der Waals surface area contributed by atoms with Gasteiger partial charge in [-0.3, -0.25) is 4.79 Å². The normalized spacial score (nSPS) is 23.6. The summed E-state index contributed by atoms with van der Waals surface area (Å²) in [6.07, 6.45) is 6.32. The van der Waals surface area contributed by atoms with Crippen LogP contribution in [0.4, 0.5) is 0 Å². The first-order valence-electron chi connectivity index (χ1n) is 8.61. The SMILES string of the molecule is COc1cccc(OC)c1C(=O)N(C1CCC1)[C@H]1CCC[C@H]1NCl. The van der Waals surface area contributed by atoms with Gasteiger partial charge in [-0.05, 0) is 62.4 Å². The van der Waals surface area contributed by atoms with Gasteiger partial charge >= 0.3 is 0 Å². The number of methoxy groups -OCH3 is 2. The molecular weight excluding hydrogens is 328 g/mol. The van der Waals surface area contributed by atoms with Gasteiger partial charge in [-0.2, -0.15) is 0 Å². The zero-order valence-corrected chi connectivity index (χ0v) is 15.0. The maximum atomic E-state index is 13.5. The van der Waals surface area contributed by atoms with Gasteiger partial charge in [0.05, 0.1) is 14.2 Å². The molecule has 132 valence electrons. The van der Waals surface area contributed by atoms with E-state index in [0.29, 0.717) is 17.1 Å². The van der Waals surface area contributed by atoms with Crippen molar-refractivity contribution in [2.45, 2.75) is 56.7 Å². The third-order valence-corrected chi connectivity index (χ3v) is 5.60. The molecule has 1 amide bonds. The number of hydrogen-bond donors (Lipinski definition) is 1. The van der Waals surface area contributed by atoms with Crippen molar-refractivity contribution < 1.29 is 14.3 Å². The Kier molecular flexibility index (Phi) is 5.51. The van der Waals surface area contributed by atoms with Crippen LogP contribution in [0.15, 0.2) is 18.2 Å². The van der Waals surface area contributed by atoms with Crippen molar-refractivity contribution in [3.63, 3.8) is 0 Å². The first-order chi connectivity index (χ1) is 11.7. The average molecular weight is 353 g/mol. The molecule has 0 saturated heterocycles. The van der Waals surface area contributed by atoms with E-state index in [9.17, 15) is 4.79 Å². The van der Waals surface area contributed by atoms with Crippen LogP contribution in [0.3, 0.4) is 0 Å². The Morgan fingerprint density at radius 1 is 1.12 bits per heavy atom. The largest absolute Gasteiger partial charge is 0.496 e. The van der Waals surface area contributed by atoms with Crippen LogP contribution in [-0.4, -0.2) is 43.2 Å². The van der Waals surface area contributed by atoms with Crippen molar-refractivity contribution in [2.24, 2.45) is 0 Å². The number of rotatable bonds is 6. The van der Waals surface area contributed by atoms with Crippen molar-refractivity contribution in [2.75, 3.05) is 14.2 Å². The Balaban J connectivity index is 1.98. The molecule has 0 aliphatic heterocycles. The van der Waals surface area contributed by atoms with E-state index in [1.54, 1.807) is 26.4 Å². The van der Waals surface area contributed by atoms with Crippen molar-refractivity contribution in [1.29, 1.82) is 0 Å². The minimum atomic E-state index is -0.0159. The van der Waals surface area contributed by atoms with Gasteiger partial charge in [-0.25, -0.2) is 4.84 Å². The first kappa shape index (κ1) is 17.4. The van der Waals surface area contributed by atoms with Crippen molar-refractivity contribution >= 4 is 17.7 Å². The lowest BCUT2D eigenvalue weighted by Gasteiger charge is -2.43. The molecule has 0 unspecified atom stereocenters. The smallest absolute Gasteiger partial charge is 0.261 e. The molecule has 2 saturated carbocycles. The average Bonchev–Trinajstić information content (AvgIpc) is 3.04. The van der Waals surface area contributed by atoms with Crippen molar-refractivity contribution in [1.82, 2.24) is 9.74 Å². The van der Waals surface area contributed by atoms with E-state index >= 15 is 0 Å². The Hall–Kier alpha value is -1.46. The Morgan fingerprint density at radius 3 is 2.25 bits per heavy atom. The number of nitrogens with zero attached hydrogens (tertiary/aromatic N) is 1. The summed E-state index contributed by atoms with van der Waals surface area (Å²) >= 11 is 5.94. The van der Waals surface area contributed by atoms with Gasteiger partial charge in [0.1, 0.15) is 17.1 Å². The standard InChI is InChI=1S/C18H25ClN2O3/c1-23-15-10-5-11-16(24-2)17(15)18(22)21(12-6-3-7-12)14-9-4-8-13(14)20-19/h5,10-14,20H,3-4,6-9H2,1-2H3/t13-,14+/m1/s1. The molecule has 1 aromatic rings. The molecule has 0 heterocycles. The summed E-state index contributed by atoms with van der Waals surface area (Å²) in [5.74, 6) is 1.09. The van der Waals surface area contributed by atoms with Crippen LogP contribution in [0.2, 0.25) is 0 Å². The molecule has 0 bridgehead atoms. The highest BCUT2D eigenvalue weighted by atomic mass is 35.5. The van der Waals surface area contributed by atoms with E-state index in [1.807, 2.05) is 11.0 Å². The molecule has 2 aliphatic rings. The van der Waals surface area contributed by atoms with Crippen LogP contribution >= 0.6 is 11.8 Å². The summed E-state index contributed by atoms with van der Waals surface area (Å²) in [7, 11) is 3.16. The second-order valence-corrected chi connectivity index (χ2v) is 6.77. The van der Waals surface area contributed by atoms with Crippen molar-refractivity contribution in [3.8, 4) is 11.5 Å². The summed E-state index contributed by atoms with van der Waals surface area (Å²) in [4.78, 5) is 18.4. The van der Waals surface area contributed by atoms with Gasteiger partial charge in [0.2, 0.25) is 0 Å². The second-order valence-electron chi connectivity index (χ2n) is 6.55. The molecule has 2 fully saturated rings. The maximum absolute atomic E-state index is 13.5. The fourth-order valence-corrected chi connectivity index (χ4v) is 4.10. The van der Waals surface area contributed by atoms with Crippen molar-refractivity contribution in [3.05, 3.63) is 23.8 Å². The van der Waals surface area contributed by atoms with Crippen LogP contribution < -0.4 is 14.3 Å². The third-order valence-electron chi connectivity index (χ3n) is 5.32. The second kappa shape index (κ2) is 7.62. The predicted molar refractivity (Wildman–Crippen MR) is 93.8 cm³/mol. The lowest BCUT2D eigenvalue weighted by molar-refractivity contribution is 0.0408. The number of amides is 1. The summed E-state index contributed by atoms with van der Waals surface area (Å²) in [6.45, 7) is 0. The van der Waals surface area contributed by atoms with Crippen LogP contribution in [-0.2, 0) is 0 Å². The molecule has 24 heavy (non-hydrogen) atoms. The van der Waals surface area contributed by atoms with Gasteiger partial charge in [0, 0.05) is 18.1 Å². The predicted octanol–water partition coefficient (Wildman–Crippen LogP) is 3.36. The molecule has 5 nitrogen and oxygen atoms in total. The summed E-state index contributed by atoms with van der Waals surface area (Å²) < 4.78 is 10.9. The monoisotopic (exact) mass is 352 g/mol. The zero-order chi connectivity index (χ0) is 17.1. The molecule has 6 heteroatoms. The number of nitrogens with one attached hydrogen (secondary N) is 1. The number of benzene rings is 1. The number of halogens is 1. The third kappa shape index (κ3) is 3.07. The Labute approximate surface area is 148 Å². The maximum Gasteiger partial charge on any atom is 0.261 e. The minimum absolute atomic E-state index is 0.0159. The molecule has 0 aromatic heterocycles. The van der Waals surface area contributed by atoms with E-state index in [1.165, 1.54) is 6.42 Å². The molecule has 1 aromatic carbocycles. The van der Waals surface area contributed by atoms with Gasteiger partial charge in [0.15, 0.2) is 0 Å². The van der Waals surface area contributed by atoms with Gasteiger partial charge in [-0.15, -0.1) is 0 Å². The van der Waals surface area contributed by atoms with Crippen LogP contribution in [0.25, 0.3) is 0 Å². The number of ether oxygens (including phenoxy) is 2. The molecule has 0 spiro atoms. The van der Waals surface area contributed by atoms with Gasteiger partial charge < -0.3 is 14.4 Å². The highest BCUT2D eigenvalue weighted by molar-refractivity contribution is 6.13. The van der Waals surface area contributed by atoms with E-state index in [4.69, 9.17) is 21.3 Å². The molecule has 2 atom stereocenters. The molecule has 2 aliphatic carbocycles. The van der Waals surface area contributed by atoms with E-state index in [-0.39, 0.29) is 24.0 Å². The van der Waals surface area contributed by atoms with E-state index in [2.05, 4.69) is 4.84 Å². The van der Waals surface area contributed by atoms with E-state index in [0.717, 1.165) is 32.1 Å². The van der Waals surface area contributed by atoms with E-state index < -0.39 is 0 Å². The van der Waals surface area contributed by atoms with Gasteiger partial charge in [0.25, 0.3) is 5.91 Å². The molecule has 0 radical (unpaired) electrons. The number of hydrogen-bond acceptors (Lipinski definition) is 4. The van der Waals surface area contributed by atoms with Gasteiger partial charge in [-0.1, -0.05) is 6.07 Å². The topological polar surface area (TPSA) is 50.8 Å². The highest BCUT2D eigenvalue weighted by Gasteiger charge is 2.41. The minimum Gasteiger partial charge on any atom is -0.496 e. The van der Waals surface area contributed by atoms with Crippen LogP contribution in [0.1, 0.15) is 48.9 Å². The fraction of sp³-hybridized carbons (Fsp3) is 0.611. The summed E-state index contributed by atoms with van der Waals surface area (Å²) in [5.41, 5.74) is 0.509. The Bertz CT molecular complexity index is 569.